The van der Waals surface area contributed by atoms with E-state index in [9.17, 15) is 0 Å². The van der Waals surface area contributed by atoms with Gasteiger partial charge in [-0.3, -0.25) is 0 Å². The van der Waals surface area contributed by atoms with E-state index in [4.69, 9.17) is 387 Å². The minimum atomic E-state index is -2.29. The van der Waals surface area contributed by atoms with E-state index in [2.05, 4.69) is 0 Å². The molecule has 100 radical (unpaired) electrons. The third-order valence-electron chi connectivity index (χ3n) is 20.9. The minimum Gasteiger partial charge on any atom is 0 e. The monoisotopic (exact) mass is 1080 g/mol. The number of hydrogen-bond donors (Lipinski definition) is 0. The van der Waals surface area contributed by atoms with Gasteiger partial charge in [-0.25, -0.2) is 0 Å². The fourth-order valence-corrected chi connectivity index (χ4v) is 17.7. The Labute approximate surface area is 686 Å². The number of rotatable bonds is 47. The first-order valence-corrected chi connectivity index (χ1v) is 32.3. The van der Waals surface area contributed by atoms with Gasteiger partial charge in [-0.1, -0.05) is 0 Å². The Balaban J connectivity index is 14.5. The van der Waals surface area contributed by atoms with Crippen LogP contribution in [0.4, 0.5) is 0 Å². The Morgan fingerprint density at radius 2 is 0.0918 bits per heavy atom. The van der Waals surface area contributed by atoms with E-state index in [1.807, 2.05) is 0 Å². The molecule has 294 valence electrons. The van der Waals surface area contributed by atoms with Gasteiger partial charge in [0.25, 0.3) is 0 Å². The zero-order valence-corrected chi connectivity index (χ0v) is 56.6. The van der Waals surface area contributed by atoms with Crippen LogP contribution in [0.25, 0.3) is 0 Å². The van der Waals surface area contributed by atoms with Crippen molar-refractivity contribution in [1.82, 2.24) is 0 Å². The van der Waals surface area contributed by atoms with Crippen molar-refractivity contribution in [1.29, 1.82) is 0 Å². The van der Waals surface area contributed by atoms with Crippen molar-refractivity contribution in [2.45, 2.75) is 0 Å². The highest BCUT2D eigenvalue weighted by Crippen LogP contribution is 2.30. The molecule has 0 bridgehead atoms. The van der Waals surface area contributed by atoms with E-state index < -0.39 is 306 Å². The van der Waals surface area contributed by atoms with Crippen LogP contribution in [0.2, 0.25) is 0 Å². The zero-order valence-electron chi connectivity index (χ0n) is 56.6. The van der Waals surface area contributed by atoms with Crippen LogP contribution in [0.15, 0.2) is 0 Å². The standard InChI is InChI=1S/B98/c1-51(2)76(52(3)4)88(75(49)50)94(87(73(45)46)74(47)48)97(93(85(69(37)38)70(39)40)86(71(41)42)72(43)44)98(95(89(77(53(5)6)54(7)8)78(55(9)10)56(11)12)90(79(57(13)14)58(15)16)80(59(17)18)60(19)20)96(91(81(61(21)22)62(23)24)82(63(25)26)64(27)28)92(83(65(29)30)66(31)32)84(67(33)34)68(35)36. The Morgan fingerprint density at radius 3 is 0.153 bits per heavy atom. The van der Waals surface area contributed by atoms with Crippen LogP contribution in [-0.4, -0.2) is 693 Å². The summed E-state index contributed by atoms with van der Waals surface area (Å²) in [7, 11) is 354. The van der Waals surface area contributed by atoms with E-state index in [-0.39, 0.29) is 0 Å². The lowest BCUT2D eigenvalue weighted by molar-refractivity contribution is 3.13. The second kappa shape index (κ2) is 47.9. The Morgan fingerprint density at radius 1 is 0.0510 bits per heavy atom. The maximum atomic E-state index is 7.26. The predicted octanol–water partition coefficient (Wildman–Crippen LogP) is -37.3. The second-order valence-corrected chi connectivity index (χ2v) is 27.7. The molecule has 0 aliphatic carbocycles. The first-order chi connectivity index (χ1) is 44.5. The summed E-state index contributed by atoms with van der Waals surface area (Å²) < 4.78 is 0. The van der Waals surface area contributed by atoms with E-state index in [1.165, 1.54) is 0 Å². The lowest BCUT2D eigenvalue weighted by Crippen LogP contribution is -3.01. The molecular weight excluding hydrogens is 1060 g/mol. The molecule has 0 aliphatic rings. The van der Waals surface area contributed by atoms with Crippen LogP contribution in [-0.2, 0) is 0 Å². The molecule has 0 aromatic heterocycles. The van der Waals surface area contributed by atoms with Gasteiger partial charge in [-0.15, -0.1) is 0 Å². The lowest BCUT2D eigenvalue weighted by Gasteiger charge is -2.63. The quantitative estimate of drug-likeness (QED) is 0.0533. The van der Waals surface area contributed by atoms with Crippen LogP contribution in [0, 0.1) is 0 Å². The van der Waals surface area contributed by atoms with Gasteiger partial charge >= 0.3 is 0 Å². The summed E-state index contributed by atoms with van der Waals surface area (Å²) in [6.45, 7) is 0. The van der Waals surface area contributed by atoms with E-state index >= 15 is 0 Å². The molecule has 0 aliphatic heterocycles. The SMILES string of the molecule is [B]B([B])B(B([B])[B])B(B([B])[B])B(B(B([B])[B])B([B])[B])B(B(B(B([B])[B])B([B])[B])B(B([B])[B])B([B])[B])B(B(B(B(B([B])[B])B([B])[B])B(B([B])[B])B([B])[B])B(B(B([B])[B])B([B])[B])B(B([B])[B])B([B])[B])B(B(B(B([B])[B])B([B])[B])B(B([B])[B])B([B])[B])B(B(B([B])[B])B([B])[B])B(B([B])[B])B([B])[B]. The third kappa shape index (κ3) is 27.8. The van der Waals surface area contributed by atoms with Crippen molar-refractivity contribution in [3.8, 4) is 0 Å². The summed E-state index contributed by atoms with van der Waals surface area (Å²) in [5.41, 5.74) is 0. The average molecular weight is 1060 g/mol. The van der Waals surface area contributed by atoms with Crippen LogP contribution >= 0.6 is 0 Å². The summed E-state index contributed by atoms with van der Waals surface area (Å²) in [6.07, 6.45) is -90.4. The number of hydrogen-bond acceptors (Lipinski definition) is 0. The molecule has 98 heteroatoms. The molecule has 0 unspecified atom stereocenters. The highest BCUT2D eigenvalue weighted by atomic mass is 13.5. The molecule has 0 atom stereocenters. The highest BCUT2D eigenvalue weighted by molar-refractivity contribution is 8.44. The highest BCUT2D eigenvalue weighted by Gasteiger charge is 2.68. The summed E-state index contributed by atoms with van der Waals surface area (Å²) in [5.74, 6) is 0. The van der Waals surface area contributed by atoms with Gasteiger partial charge in [-0.05, 0) is 0 Å². The Bertz CT molecular complexity index is 1640. The van der Waals surface area contributed by atoms with E-state index in [0.29, 0.717) is 0 Å². The Kier molecular flexibility index (Phi) is 51.0. The topological polar surface area (TPSA) is 0 Å². The van der Waals surface area contributed by atoms with Gasteiger partial charge in [0.1, 0.15) is 0 Å². The van der Waals surface area contributed by atoms with Crippen molar-refractivity contribution in [2.75, 3.05) is 0 Å². The maximum absolute atomic E-state index is 7.26. The first-order valence-electron chi connectivity index (χ1n) is 32.3. The van der Waals surface area contributed by atoms with Gasteiger partial charge in [0, 0.05) is 693 Å². The predicted molar refractivity (Wildman–Crippen MR) is 564 cm³/mol. The lowest BCUT2D eigenvalue weighted by atomic mass is 8.18. The molecule has 0 heterocycles. The van der Waals surface area contributed by atoms with Crippen molar-refractivity contribution >= 4 is 693 Å². The molecule has 0 rings (SSSR count). The van der Waals surface area contributed by atoms with Gasteiger partial charge in [0.15, 0.2) is 0 Å². The summed E-state index contributed by atoms with van der Waals surface area (Å²) >= 11 is 0. The third-order valence-corrected chi connectivity index (χ3v) is 20.9. The molecule has 0 amide bonds. The van der Waals surface area contributed by atoms with E-state index in [1.54, 1.807) is 0 Å². The van der Waals surface area contributed by atoms with Gasteiger partial charge in [-0.2, -0.15) is 0 Å². The molecule has 98 heavy (non-hydrogen) atoms. The van der Waals surface area contributed by atoms with Crippen molar-refractivity contribution in [3.63, 3.8) is 0 Å². The van der Waals surface area contributed by atoms with Crippen LogP contribution in [0.3, 0.4) is 0 Å². The van der Waals surface area contributed by atoms with Gasteiger partial charge in [0.05, 0.1) is 0 Å². The van der Waals surface area contributed by atoms with Crippen LogP contribution in [0.5, 0.6) is 0 Å². The van der Waals surface area contributed by atoms with E-state index in [0.717, 1.165) is 0 Å². The second-order valence-electron chi connectivity index (χ2n) is 27.7. The molecule has 0 fully saturated rings. The van der Waals surface area contributed by atoms with Gasteiger partial charge < -0.3 is 0 Å². The largest absolute Gasteiger partial charge is 0 e. The zero-order chi connectivity index (χ0) is 77.7. The van der Waals surface area contributed by atoms with Crippen molar-refractivity contribution in [2.24, 2.45) is 0 Å². The maximum Gasteiger partial charge on any atom is 0 e. The molecular formula is B98. The molecule has 0 aromatic rings. The molecule has 0 N–H and O–H groups in total. The molecule has 0 saturated carbocycles. The van der Waals surface area contributed by atoms with Crippen molar-refractivity contribution < 1.29 is 0 Å². The summed E-state index contributed by atoms with van der Waals surface area (Å²) in [6, 6.07) is 0. The average Bonchev–Trinajstić information content (AvgIpc) is 3.37. The smallest absolute Gasteiger partial charge is 0 e. The van der Waals surface area contributed by atoms with Crippen molar-refractivity contribution in [3.05, 3.63) is 0 Å². The van der Waals surface area contributed by atoms with Crippen LogP contribution in [0.1, 0.15) is 0 Å². The Hall–Kier alpha value is 6.36. The minimum absolute atomic E-state index is 1.67. The fraction of sp³-hybridized carbons (Fsp3) is 0. The molecule has 0 saturated heterocycles. The summed E-state index contributed by atoms with van der Waals surface area (Å²) in [5, 5.41) is 0. The normalized spacial score (nSPS) is 9.84. The fourth-order valence-electron chi connectivity index (χ4n) is 17.7. The summed E-state index contributed by atoms with van der Waals surface area (Å²) in [4.78, 5) is 0. The van der Waals surface area contributed by atoms with Gasteiger partial charge in [0.2, 0.25) is 0 Å². The molecule has 0 nitrogen and oxygen atoms in total. The first kappa shape index (κ1) is 104. The molecule has 0 spiro atoms. The molecule has 0 aromatic carbocycles. The van der Waals surface area contributed by atoms with Crippen LogP contribution < -0.4 is 0 Å².